The molecule has 1 aromatic heterocycles. The summed E-state index contributed by atoms with van der Waals surface area (Å²) in [4.78, 5) is 0. The molecule has 0 fully saturated rings. The van der Waals surface area contributed by atoms with Gasteiger partial charge in [-0.1, -0.05) is 91.0 Å². The van der Waals surface area contributed by atoms with E-state index in [4.69, 9.17) is 0 Å². The van der Waals surface area contributed by atoms with E-state index in [1.807, 2.05) is 12.1 Å². The molecule has 8 rings (SSSR count). The second kappa shape index (κ2) is 8.31. The molecule has 0 amide bonds. The van der Waals surface area contributed by atoms with Crippen LogP contribution in [0.2, 0.25) is 0 Å². The van der Waals surface area contributed by atoms with E-state index in [1.165, 1.54) is 43.4 Å². The zero-order valence-corrected chi connectivity index (χ0v) is 21.1. The van der Waals surface area contributed by atoms with Crippen molar-refractivity contribution >= 4 is 54.1 Å². The molecular weight excluding hydrogens is 472 g/mol. The van der Waals surface area contributed by atoms with Crippen LogP contribution >= 0.6 is 0 Å². The first-order valence-corrected chi connectivity index (χ1v) is 13.2. The van der Waals surface area contributed by atoms with Crippen molar-refractivity contribution in [3.05, 3.63) is 139 Å². The number of fused-ring (bicyclic) bond motifs is 7. The number of nitrogens with zero attached hydrogens (tertiary/aromatic N) is 2. The average molecular weight is 495 g/mol. The van der Waals surface area contributed by atoms with Gasteiger partial charge in [-0.05, 0) is 85.9 Å². The first-order chi connectivity index (χ1) is 19.3. The van der Waals surface area contributed by atoms with Crippen molar-refractivity contribution in [3.8, 4) is 22.9 Å². The summed E-state index contributed by atoms with van der Waals surface area (Å²) in [6.07, 6.45) is 0. The molecule has 7 aromatic carbocycles. The second-order valence-electron chi connectivity index (χ2n) is 10.1. The summed E-state index contributed by atoms with van der Waals surface area (Å²) >= 11 is 0. The van der Waals surface area contributed by atoms with E-state index < -0.39 is 0 Å². The Morgan fingerprint density at radius 3 is 1.97 bits per heavy atom. The van der Waals surface area contributed by atoms with E-state index >= 15 is 0 Å². The Labute approximate surface area is 225 Å². The normalized spacial score (nSPS) is 11.6. The Balaban J connectivity index is 1.38. The minimum absolute atomic E-state index is 0.677. The van der Waals surface area contributed by atoms with Crippen LogP contribution in [-0.4, -0.2) is 4.57 Å². The van der Waals surface area contributed by atoms with Crippen LogP contribution in [0.5, 0.6) is 0 Å². The van der Waals surface area contributed by atoms with Crippen molar-refractivity contribution < 1.29 is 0 Å². The van der Waals surface area contributed by atoms with Crippen molar-refractivity contribution in [1.29, 1.82) is 5.26 Å². The van der Waals surface area contributed by atoms with E-state index in [9.17, 15) is 5.26 Å². The second-order valence-corrected chi connectivity index (χ2v) is 10.1. The first-order valence-electron chi connectivity index (χ1n) is 13.2. The Morgan fingerprint density at radius 1 is 0.462 bits per heavy atom. The lowest BCUT2D eigenvalue weighted by atomic mass is 9.90. The number of nitriles is 1. The number of rotatable bonds is 2. The van der Waals surface area contributed by atoms with Crippen molar-refractivity contribution in [2.24, 2.45) is 0 Å². The van der Waals surface area contributed by atoms with Gasteiger partial charge >= 0.3 is 0 Å². The van der Waals surface area contributed by atoms with Gasteiger partial charge in [-0.2, -0.15) is 5.26 Å². The van der Waals surface area contributed by atoms with Crippen molar-refractivity contribution in [1.82, 2.24) is 4.57 Å². The molecule has 0 saturated carbocycles. The molecule has 2 nitrogen and oxygen atoms in total. The maximum Gasteiger partial charge on any atom is 0.0991 e. The highest BCUT2D eigenvalue weighted by Crippen LogP contribution is 2.40. The summed E-state index contributed by atoms with van der Waals surface area (Å²) < 4.78 is 2.30. The van der Waals surface area contributed by atoms with Crippen molar-refractivity contribution in [2.75, 3.05) is 0 Å². The summed E-state index contributed by atoms with van der Waals surface area (Å²) in [6, 6.07) is 49.7. The van der Waals surface area contributed by atoms with Gasteiger partial charge in [0.1, 0.15) is 0 Å². The lowest BCUT2D eigenvalue weighted by molar-refractivity contribution is 1.18. The van der Waals surface area contributed by atoms with E-state index in [0.29, 0.717) is 5.56 Å². The van der Waals surface area contributed by atoms with Gasteiger partial charge in [-0.3, -0.25) is 0 Å². The number of para-hydroxylation sites is 1. The Bertz CT molecular complexity index is 2280. The van der Waals surface area contributed by atoms with Gasteiger partial charge in [-0.15, -0.1) is 0 Å². The van der Waals surface area contributed by atoms with Crippen LogP contribution in [0, 0.1) is 11.3 Å². The van der Waals surface area contributed by atoms with Gasteiger partial charge in [0, 0.05) is 16.5 Å². The first kappa shape index (κ1) is 21.7. The molecule has 39 heavy (non-hydrogen) atoms. The predicted molar refractivity (Wildman–Crippen MR) is 163 cm³/mol. The Hall–Kier alpha value is -5.39. The van der Waals surface area contributed by atoms with E-state index in [-0.39, 0.29) is 0 Å². The van der Waals surface area contributed by atoms with Crippen LogP contribution < -0.4 is 0 Å². The highest BCUT2D eigenvalue weighted by Gasteiger charge is 2.15. The third kappa shape index (κ3) is 3.21. The van der Waals surface area contributed by atoms with Gasteiger partial charge < -0.3 is 4.57 Å². The van der Waals surface area contributed by atoms with Crippen LogP contribution in [0.15, 0.2) is 133 Å². The molecule has 0 aliphatic carbocycles. The highest BCUT2D eigenvalue weighted by molar-refractivity contribution is 6.20. The lowest BCUT2D eigenvalue weighted by Gasteiger charge is -2.15. The highest BCUT2D eigenvalue weighted by atomic mass is 15.0. The zero-order chi connectivity index (χ0) is 25.9. The van der Waals surface area contributed by atoms with Crippen molar-refractivity contribution in [3.63, 3.8) is 0 Å². The minimum atomic E-state index is 0.677. The van der Waals surface area contributed by atoms with Crippen LogP contribution in [0.25, 0.3) is 70.9 Å². The Kier molecular flexibility index (Phi) is 4.62. The van der Waals surface area contributed by atoms with Gasteiger partial charge in [0.2, 0.25) is 0 Å². The molecule has 2 heteroatoms. The third-order valence-electron chi connectivity index (χ3n) is 7.99. The number of aromatic nitrogens is 1. The molecule has 0 spiro atoms. The summed E-state index contributed by atoms with van der Waals surface area (Å²) in [5.74, 6) is 0. The molecular formula is C37H22N2. The third-order valence-corrected chi connectivity index (χ3v) is 7.99. The fourth-order valence-corrected chi connectivity index (χ4v) is 6.23. The SMILES string of the molecule is N#Cc1ccc2c(c1)c1ccccc1n2-c1ccc(-c2c3ccccc3cc3c2ccc2ccccc23)cc1. The number of hydrogen-bond acceptors (Lipinski definition) is 1. The van der Waals surface area contributed by atoms with E-state index in [1.54, 1.807) is 0 Å². The quantitative estimate of drug-likeness (QED) is 0.174. The molecule has 8 aromatic rings. The Morgan fingerprint density at radius 2 is 1.15 bits per heavy atom. The zero-order valence-electron chi connectivity index (χ0n) is 21.1. The van der Waals surface area contributed by atoms with E-state index in [2.05, 4.69) is 132 Å². The van der Waals surface area contributed by atoms with Crippen LogP contribution in [-0.2, 0) is 0 Å². The molecule has 0 bridgehead atoms. The average Bonchev–Trinajstić information content (AvgIpc) is 3.33. The molecule has 0 aliphatic heterocycles. The predicted octanol–water partition coefficient (Wildman–Crippen LogP) is 9.78. The maximum atomic E-state index is 9.48. The van der Waals surface area contributed by atoms with Gasteiger partial charge in [0.05, 0.1) is 22.7 Å². The number of hydrogen-bond donors (Lipinski definition) is 0. The standard InChI is InChI=1S/C37H22N2/c38-23-24-13-20-36-34(21-24)31-11-5-6-12-35(31)39(36)28-17-14-26(15-18-28)37-30-10-4-2-8-27(30)22-33-29-9-3-1-7-25(29)16-19-32(33)37/h1-22H. The monoisotopic (exact) mass is 494 g/mol. The molecule has 0 aliphatic rings. The summed E-state index contributed by atoms with van der Waals surface area (Å²) in [6.45, 7) is 0. The lowest BCUT2D eigenvalue weighted by Crippen LogP contribution is -1.94. The molecule has 180 valence electrons. The summed E-state index contributed by atoms with van der Waals surface area (Å²) in [5.41, 5.74) is 6.48. The topological polar surface area (TPSA) is 28.7 Å². The van der Waals surface area contributed by atoms with Gasteiger partial charge in [-0.25, -0.2) is 0 Å². The fraction of sp³-hybridized carbons (Fsp3) is 0. The molecule has 0 saturated heterocycles. The molecule has 0 unspecified atom stereocenters. The fourth-order valence-electron chi connectivity index (χ4n) is 6.23. The largest absolute Gasteiger partial charge is 0.309 e. The molecule has 0 radical (unpaired) electrons. The van der Waals surface area contributed by atoms with Crippen LogP contribution in [0.4, 0.5) is 0 Å². The van der Waals surface area contributed by atoms with Gasteiger partial charge in [0.25, 0.3) is 0 Å². The molecule has 1 heterocycles. The molecule has 0 atom stereocenters. The van der Waals surface area contributed by atoms with Crippen LogP contribution in [0.1, 0.15) is 5.56 Å². The maximum absolute atomic E-state index is 9.48. The van der Waals surface area contributed by atoms with E-state index in [0.717, 1.165) is 27.5 Å². The van der Waals surface area contributed by atoms with Gasteiger partial charge in [0.15, 0.2) is 0 Å². The van der Waals surface area contributed by atoms with Crippen LogP contribution in [0.3, 0.4) is 0 Å². The molecule has 0 N–H and O–H groups in total. The smallest absolute Gasteiger partial charge is 0.0991 e. The summed E-state index contributed by atoms with van der Waals surface area (Å²) in [7, 11) is 0. The number of benzene rings is 7. The minimum Gasteiger partial charge on any atom is -0.309 e. The van der Waals surface area contributed by atoms with Crippen molar-refractivity contribution in [2.45, 2.75) is 0 Å². The summed E-state index contributed by atoms with van der Waals surface area (Å²) in [5, 5.41) is 19.3.